The zero-order valence-corrected chi connectivity index (χ0v) is 20.7. The Morgan fingerprint density at radius 2 is 1.94 bits per heavy atom. The third-order valence-corrected chi connectivity index (χ3v) is 6.79. The van der Waals surface area contributed by atoms with E-state index in [9.17, 15) is 28.8 Å². The number of H-pyrrole nitrogens is 1. The first kappa shape index (κ1) is 27.5. The van der Waals surface area contributed by atoms with Crippen LogP contribution in [0.5, 0.6) is 5.75 Å². The number of hydrogen-bond acceptors (Lipinski definition) is 10. The predicted molar refractivity (Wildman–Crippen MR) is 125 cm³/mol. The van der Waals surface area contributed by atoms with E-state index in [1.165, 1.54) is 19.1 Å². The topological polar surface area (TPSA) is 175 Å². The van der Waals surface area contributed by atoms with Gasteiger partial charge in [-0.15, -0.1) is 0 Å². The second kappa shape index (κ2) is 11.8. The minimum atomic E-state index is -4.26. The summed E-state index contributed by atoms with van der Waals surface area (Å²) in [6.45, 7) is 4.22. The summed E-state index contributed by atoms with van der Waals surface area (Å²) >= 11 is 0. The van der Waals surface area contributed by atoms with Crippen LogP contribution in [0, 0.1) is 5.92 Å². The van der Waals surface area contributed by atoms with Crippen molar-refractivity contribution in [3.8, 4) is 5.75 Å². The lowest BCUT2D eigenvalue weighted by molar-refractivity contribution is -0.149. The van der Waals surface area contributed by atoms with Gasteiger partial charge >= 0.3 is 19.4 Å². The number of aromatic nitrogens is 2. The molecule has 196 valence electrons. The number of aldehydes is 1. The molecule has 1 saturated heterocycles. The molecule has 0 spiro atoms. The van der Waals surface area contributed by atoms with Crippen molar-refractivity contribution in [3.63, 3.8) is 0 Å². The first-order chi connectivity index (χ1) is 17.0. The number of ether oxygens (including phenoxy) is 2. The first-order valence-electron chi connectivity index (χ1n) is 11.1. The van der Waals surface area contributed by atoms with Gasteiger partial charge < -0.3 is 23.9 Å². The van der Waals surface area contributed by atoms with Crippen LogP contribution in [0.3, 0.4) is 0 Å². The van der Waals surface area contributed by atoms with E-state index in [0.717, 1.165) is 16.8 Å². The monoisotopic (exact) mass is 525 g/mol. The summed E-state index contributed by atoms with van der Waals surface area (Å²) in [5.74, 6) is -1.68. The molecular weight excluding hydrogens is 497 g/mol. The predicted octanol–water partition coefficient (Wildman–Crippen LogP) is 0.743. The van der Waals surface area contributed by atoms with Crippen LogP contribution in [-0.2, 0) is 28.2 Å². The molecule has 3 rings (SSSR count). The third-order valence-electron chi connectivity index (χ3n) is 5.15. The highest BCUT2D eigenvalue weighted by molar-refractivity contribution is 7.52. The lowest BCUT2D eigenvalue weighted by Gasteiger charge is -2.25. The summed E-state index contributed by atoms with van der Waals surface area (Å²) in [4.78, 5) is 49.5. The summed E-state index contributed by atoms with van der Waals surface area (Å²) in [7, 11) is -4.26. The van der Waals surface area contributed by atoms with E-state index in [4.69, 9.17) is 18.5 Å². The maximum Gasteiger partial charge on any atom is 0.459 e. The number of carbonyl (C=O) groups excluding carboxylic acids is 2. The Bertz CT molecular complexity index is 1210. The summed E-state index contributed by atoms with van der Waals surface area (Å²) in [5.41, 5.74) is -1.50. The van der Waals surface area contributed by atoms with Crippen molar-refractivity contribution in [2.75, 3.05) is 6.61 Å². The van der Waals surface area contributed by atoms with E-state index in [0.29, 0.717) is 6.29 Å². The molecule has 6 atom stereocenters. The summed E-state index contributed by atoms with van der Waals surface area (Å²) in [5, 5.41) is 13.1. The number of nitrogens with zero attached hydrogens (tertiary/aromatic N) is 1. The number of hydrogen-bond donors (Lipinski definition) is 3. The van der Waals surface area contributed by atoms with Gasteiger partial charge in [-0.2, -0.15) is 5.09 Å². The van der Waals surface area contributed by atoms with Crippen molar-refractivity contribution >= 4 is 20.0 Å². The number of aliphatic hydroxyl groups is 1. The molecule has 0 amide bonds. The van der Waals surface area contributed by atoms with Gasteiger partial charge in [-0.3, -0.25) is 23.7 Å². The van der Waals surface area contributed by atoms with E-state index in [1.54, 1.807) is 32.0 Å². The maximum absolute atomic E-state index is 13.6. The molecule has 2 unspecified atom stereocenters. The fourth-order valence-electron chi connectivity index (χ4n) is 3.44. The average Bonchev–Trinajstić information content (AvgIpc) is 3.13. The number of benzene rings is 1. The standard InChI is InChI=1S/C22H28N3O10P/c1-13(2)33-21(29)14(3)24-36(31,35-15-7-5-4-6-8-15)32-12-17-16(11-26)19(28)20(34-17)25-10-9-18(27)23-22(25)30/h4-11,13-14,16-17,19-20,28H,12H2,1-3H3,(H,24,31)(H,23,27,30)/t14-,16-,17+,19?,20+,36?/m0/s1. The van der Waals surface area contributed by atoms with Crippen LogP contribution in [-0.4, -0.2) is 57.9 Å². The van der Waals surface area contributed by atoms with Crippen LogP contribution < -0.4 is 20.9 Å². The van der Waals surface area contributed by atoms with Gasteiger partial charge in [0.2, 0.25) is 0 Å². The highest BCUT2D eigenvalue weighted by atomic mass is 31.2. The number of esters is 1. The summed E-state index contributed by atoms with van der Waals surface area (Å²) < 4.78 is 36.4. The molecule has 0 bridgehead atoms. The molecule has 0 aliphatic carbocycles. The highest BCUT2D eigenvalue weighted by Crippen LogP contribution is 2.46. The van der Waals surface area contributed by atoms with Gasteiger partial charge in [0.15, 0.2) is 6.23 Å². The Hall–Kier alpha value is -3.09. The van der Waals surface area contributed by atoms with Gasteiger partial charge in [0, 0.05) is 12.3 Å². The van der Waals surface area contributed by atoms with Gasteiger partial charge in [-0.05, 0) is 32.9 Å². The number of aliphatic hydroxyl groups excluding tert-OH is 1. The van der Waals surface area contributed by atoms with Crippen LogP contribution >= 0.6 is 7.75 Å². The van der Waals surface area contributed by atoms with E-state index in [1.807, 2.05) is 4.98 Å². The molecule has 1 aliphatic rings. The Morgan fingerprint density at radius 1 is 1.25 bits per heavy atom. The quantitative estimate of drug-likeness (QED) is 0.214. The van der Waals surface area contributed by atoms with Crippen molar-refractivity contribution in [1.82, 2.24) is 14.6 Å². The molecule has 3 N–H and O–H groups in total. The lowest BCUT2D eigenvalue weighted by Crippen LogP contribution is -2.37. The van der Waals surface area contributed by atoms with E-state index < -0.39 is 68.1 Å². The number of carbonyl (C=O) groups is 2. The van der Waals surface area contributed by atoms with Crippen molar-refractivity contribution < 1.29 is 37.8 Å². The van der Waals surface area contributed by atoms with Gasteiger partial charge in [0.25, 0.3) is 5.56 Å². The molecule has 36 heavy (non-hydrogen) atoms. The number of rotatable bonds is 11. The molecule has 1 aromatic carbocycles. The first-order valence-corrected chi connectivity index (χ1v) is 12.6. The molecule has 1 fully saturated rings. The molecule has 1 aliphatic heterocycles. The number of aromatic amines is 1. The molecule has 2 aromatic rings. The van der Waals surface area contributed by atoms with Gasteiger partial charge in [-0.1, -0.05) is 18.2 Å². The van der Waals surface area contributed by atoms with Crippen molar-refractivity contribution in [1.29, 1.82) is 0 Å². The van der Waals surface area contributed by atoms with Gasteiger partial charge in [0.1, 0.15) is 24.2 Å². The largest absolute Gasteiger partial charge is 0.462 e. The maximum atomic E-state index is 13.6. The molecular formula is C22H28N3O10P. The van der Waals surface area contributed by atoms with E-state index in [-0.39, 0.29) is 5.75 Å². The zero-order chi connectivity index (χ0) is 26.5. The second-order valence-electron chi connectivity index (χ2n) is 8.32. The molecule has 0 radical (unpaired) electrons. The minimum absolute atomic E-state index is 0.176. The fraction of sp³-hybridized carbons (Fsp3) is 0.455. The third kappa shape index (κ3) is 6.77. The van der Waals surface area contributed by atoms with Gasteiger partial charge in [0.05, 0.1) is 24.7 Å². The summed E-state index contributed by atoms with van der Waals surface area (Å²) in [6, 6.07) is 8.01. The minimum Gasteiger partial charge on any atom is -0.462 e. The number of nitrogens with one attached hydrogen (secondary N) is 2. The molecule has 13 nitrogen and oxygen atoms in total. The highest BCUT2D eigenvalue weighted by Gasteiger charge is 2.46. The van der Waals surface area contributed by atoms with E-state index in [2.05, 4.69) is 5.09 Å². The molecule has 1 aromatic heterocycles. The SMILES string of the molecule is CC(C)OC(=O)[C@H](C)NP(=O)(OC[C@H]1O[C@@H](n2ccc(=O)[nH]c2=O)C(O)[C@H]1C=O)Oc1ccccc1. The zero-order valence-electron chi connectivity index (χ0n) is 19.8. The fourth-order valence-corrected chi connectivity index (χ4v) is 4.94. The van der Waals surface area contributed by atoms with Crippen LogP contribution in [0.25, 0.3) is 0 Å². The van der Waals surface area contributed by atoms with Crippen LogP contribution in [0.15, 0.2) is 52.2 Å². The van der Waals surface area contributed by atoms with Crippen molar-refractivity contribution in [2.45, 2.75) is 51.4 Å². The second-order valence-corrected chi connectivity index (χ2v) is 10.0. The summed E-state index contributed by atoms with van der Waals surface area (Å²) in [6.07, 6.45) is -2.80. The Kier molecular flexibility index (Phi) is 8.98. The smallest absolute Gasteiger partial charge is 0.459 e. The lowest BCUT2D eigenvalue weighted by atomic mass is 10.0. The molecule has 2 heterocycles. The normalized spacial score (nSPS) is 24.1. The van der Waals surface area contributed by atoms with Crippen LogP contribution in [0.1, 0.15) is 27.0 Å². The van der Waals surface area contributed by atoms with Crippen LogP contribution in [0.4, 0.5) is 0 Å². The Balaban J connectivity index is 1.79. The Morgan fingerprint density at radius 3 is 2.56 bits per heavy atom. The van der Waals surface area contributed by atoms with Crippen molar-refractivity contribution in [3.05, 3.63) is 63.4 Å². The number of para-hydroxylation sites is 1. The average molecular weight is 525 g/mol. The molecule has 14 heteroatoms. The Labute approximate surface area is 205 Å². The van der Waals surface area contributed by atoms with Crippen molar-refractivity contribution in [2.24, 2.45) is 5.92 Å². The van der Waals surface area contributed by atoms with Gasteiger partial charge in [-0.25, -0.2) is 9.36 Å². The van der Waals surface area contributed by atoms with Crippen LogP contribution in [0.2, 0.25) is 0 Å². The van der Waals surface area contributed by atoms with E-state index >= 15 is 0 Å². The molecule has 0 saturated carbocycles.